The average molecular weight is 279 g/mol. The van der Waals surface area contributed by atoms with Gasteiger partial charge in [-0.1, -0.05) is 11.6 Å². The Morgan fingerprint density at radius 3 is 2.76 bits per heavy atom. The predicted molar refractivity (Wildman–Crippen MR) is 72.1 cm³/mol. The van der Waals surface area contributed by atoms with Crippen molar-refractivity contribution < 1.29 is 9.53 Å². The molecule has 0 saturated carbocycles. The Bertz CT molecular complexity index is 384. The van der Waals surface area contributed by atoms with Crippen molar-refractivity contribution in [2.75, 3.05) is 11.9 Å². The Balaban J connectivity index is 0.00000256. The molecule has 0 unspecified atom stereocenters. The lowest BCUT2D eigenvalue weighted by Crippen LogP contribution is -2.32. The molecular weight excluding hydrogens is 263 g/mol. The van der Waals surface area contributed by atoms with E-state index in [4.69, 9.17) is 22.1 Å². The highest BCUT2D eigenvalue weighted by atomic mass is 35.5. The van der Waals surface area contributed by atoms with Gasteiger partial charge < -0.3 is 15.8 Å². The minimum absolute atomic E-state index is 0. The van der Waals surface area contributed by atoms with Crippen LogP contribution in [0.2, 0.25) is 5.02 Å². The summed E-state index contributed by atoms with van der Waals surface area (Å²) in [6.45, 7) is 3.98. The highest BCUT2D eigenvalue weighted by molar-refractivity contribution is 6.30. The second kappa shape index (κ2) is 7.37. The van der Waals surface area contributed by atoms with Crippen molar-refractivity contribution in [1.82, 2.24) is 0 Å². The normalized spacial score (nSPS) is 11.3. The number of rotatable bonds is 4. The van der Waals surface area contributed by atoms with Gasteiger partial charge in [-0.3, -0.25) is 4.79 Å². The van der Waals surface area contributed by atoms with E-state index in [0.717, 1.165) is 0 Å². The first-order valence-electron chi connectivity index (χ1n) is 5.03. The highest BCUT2D eigenvalue weighted by Crippen LogP contribution is 2.28. The van der Waals surface area contributed by atoms with Crippen molar-refractivity contribution in [2.45, 2.75) is 19.9 Å². The number of nitrogens with two attached hydrogens (primary N) is 1. The largest absolute Gasteiger partial charge is 0.492 e. The fourth-order valence-electron chi connectivity index (χ4n) is 1.12. The van der Waals surface area contributed by atoms with Crippen molar-refractivity contribution in [3.8, 4) is 5.75 Å². The molecule has 3 N–H and O–H groups in total. The summed E-state index contributed by atoms with van der Waals surface area (Å²) in [6, 6.07) is 4.46. The van der Waals surface area contributed by atoms with Gasteiger partial charge in [-0.05, 0) is 26.0 Å². The minimum atomic E-state index is -0.565. The number of halogens is 2. The third kappa shape index (κ3) is 4.81. The fourth-order valence-corrected chi connectivity index (χ4v) is 1.28. The zero-order valence-electron chi connectivity index (χ0n) is 9.70. The third-order valence-corrected chi connectivity index (χ3v) is 2.15. The van der Waals surface area contributed by atoms with E-state index in [9.17, 15) is 4.79 Å². The van der Waals surface area contributed by atoms with E-state index < -0.39 is 6.04 Å². The molecule has 0 spiro atoms. The van der Waals surface area contributed by atoms with Crippen LogP contribution in [0.4, 0.5) is 5.69 Å². The van der Waals surface area contributed by atoms with Crippen molar-refractivity contribution >= 4 is 35.6 Å². The van der Waals surface area contributed by atoms with Gasteiger partial charge in [0, 0.05) is 11.1 Å². The lowest BCUT2D eigenvalue weighted by Gasteiger charge is -2.13. The van der Waals surface area contributed by atoms with Crippen LogP contribution in [0.1, 0.15) is 13.8 Å². The number of ether oxygens (including phenoxy) is 1. The van der Waals surface area contributed by atoms with Crippen molar-refractivity contribution in [3.05, 3.63) is 23.2 Å². The summed E-state index contributed by atoms with van der Waals surface area (Å²) in [7, 11) is 0. The maximum absolute atomic E-state index is 11.4. The van der Waals surface area contributed by atoms with Crippen molar-refractivity contribution in [2.24, 2.45) is 5.73 Å². The average Bonchev–Trinajstić information content (AvgIpc) is 2.22. The molecule has 0 saturated heterocycles. The van der Waals surface area contributed by atoms with E-state index in [1.807, 2.05) is 6.92 Å². The van der Waals surface area contributed by atoms with Gasteiger partial charge in [-0.2, -0.15) is 0 Å². The summed E-state index contributed by atoms with van der Waals surface area (Å²) in [6.07, 6.45) is 0. The SMILES string of the molecule is CCOc1cc(Cl)ccc1NC(=O)[C@H](C)N.Cl. The molecule has 1 rings (SSSR count). The Morgan fingerprint density at radius 1 is 1.59 bits per heavy atom. The number of hydrogen-bond donors (Lipinski definition) is 2. The molecule has 0 aliphatic heterocycles. The number of nitrogens with one attached hydrogen (secondary N) is 1. The molecule has 1 amide bonds. The van der Waals surface area contributed by atoms with E-state index in [-0.39, 0.29) is 18.3 Å². The molecule has 0 aliphatic carbocycles. The molecule has 96 valence electrons. The number of carbonyl (C=O) groups excluding carboxylic acids is 1. The number of hydrogen-bond acceptors (Lipinski definition) is 3. The first-order valence-corrected chi connectivity index (χ1v) is 5.41. The van der Waals surface area contributed by atoms with Gasteiger partial charge in [-0.25, -0.2) is 0 Å². The predicted octanol–water partition coefficient (Wildman–Crippen LogP) is 2.45. The molecule has 6 heteroatoms. The standard InChI is InChI=1S/C11H15ClN2O2.ClH/c1-3-16-10-6-8(12)4-5-9(10)14-11(15)7(2)13;/h4-7H,3,13H2,1-2H3,(H,14,15);1H/t7-;/m0./s1. The van der Waals surface area contributed by atoms with Gasteiger partial charge in [0.25, 0.3) is 0 Å². The Labute approximate surface area is 112 Å². The molecule has 1 atom stereocenters. The maximum Gasteiger partial charge on any atom is 0.241 e. The van der Waals surface area contributed by atoms with Crippen LogP contribution in [0.15, 0.2) is 18.2 Å². The summed E-state index contributed by atoms with van der Waals surface area (Å²) >= 11 is 5.83. The summed E-state index contributed by atoms with van der Waals surface area (Å²) in [5.74, 6) is 0.285. The minimum Gasteiger partial charge on any atom is -0.492 e. The van der Waals surface area contributed by atoms with Gasteiger partial charge in [0.15, 0.2) is 0 Å². The molecule has 17 heavy (non-hydrogen) atoms. The Hall–Kier alpha value is -0.970. The summed E-state index contributed by atoms with van der Waals surface area (Å²) < 4.78 is 5.36. The van der Waals surface area contributed by atoms with Crippen LogP contribution in [0.3, 0.4) is 0 Å². The van der Waals surface area contributed by atoms with E-state index in [1.165, 1.54) is 0 Å². The molecule has 0 fully saturated rings. The Morgan fingerprint density at radius 2 is 2.24 bits per heavy atom. The summed E-state index contributed by atoms with van der Waals surface area (Å²) in [5.41, 5.74) is 6.04. The molecule has 4 nitrogen and oxygen atoms in total. The molecule has 0 bridgehead atoms. The molecule has 0 aromatic heterocycles. The maximum atomic E-state index is 11.4. The van der Waals surface area contributed by atoms with Crippen LogP contribution in [-0.2, 0) is 4.79 Å². The van der Waals surface area contributed by atoms with Crippen LogP contribution in [-0.4, -0.2) is 18.6 Å². The van der Waals surface area contributed by atoms with E-state index in [1.54, 1.807) is 25.1 Å². The molecule has 0 aliphatic rings. The third-order valence-electron chi connectivity index (χ3n) is 1.91. The second-order valence-electron chi connectivity index (χ2n) is 3.35. The van der Waals surface area contributed by atoms with Gasteiger partial charge in [0.2, 0.25) is 5.91 Å². The lowest BCUT2D eigenvalue weighted by atomic mass is 10.2. The first-order chi connectivity index (χ1) is 7.54. The number of amides is 1. The van der Waals surface area contributed by atoms with E-state index >= 15 is 0 Å². The number of benzene rings is 1. The van der Waals surface area contributed by atoms with E-state index in [2.05, 4.69) is 5.32 Å². The zero-order chi connectivity index (χ0) is 12.1. The summed E-state index contributed by atoms with van der Waals surface area (Å²) in [5, 5.41) is 3.23. The molecule has 1 aromatic rings. The van der Waals surface area contributed by atoms with Gasteiger partial charge in [0.05, 0.1) is 18.3 Å². The van der Waals surface area contributed by atoms with Crippen LogP contribution in [0.25, 0.3) is 0 Å². The fraction of sp³-hybridized carbons (Fsp3) is 0.364. The quantitative estimate of drug-likeness (QED) is 0.889. The van der Waals surface area contributed by atoms with Crippen LogP contribution in [0.5, 0.6) is 5.75 Å². The second-order valence-corrected chi connectivity index (χ2v) is 3.79. The lowest BCUT2D eigenvalue weighted by molar-refractivity contribution is -0.117. The number of carbonyl (C=O) groups is 1. The van der Waals surface area contributed by atoms with Crippen LogP contribution >= 0.6 is 24.0 Å². The van der Waals surface area contributed by atoms with E-state index in [0.29, 0.717) is 23.1 Å². The molecule has 0 radical (unpaired) electrons. The Kier molecular flexibility index (Phi) is 6.95. The smallest absolute Gasteiger partial charge is 0.241 e. The molecule has 1 aromatic carbocycles. The summed E-state index contributed by atoms with van der Waals surface area (Å²) in [4.78, 5) is 11.4. The number of anilines is 1. The van der Waals surface area contributed by atoms with Crippen LogP contribution < -0.4 is 15.8 Å². The topological polar surface area (TPSA) is 64.3 Å². The zero-order valence-corrected chi connectivity index (χ0v) is 11.3. The first kappa shape index (κ1) is 16.0. The highest BCUT2D eigenvalue weighted by Gasteiger charge is 2.11. The van der Waals surface area contributed by atoms with Crippen LogP contribution in [0, 0.1) is 0 Å². The van der Waals surface area contributed by atoms with Gasteiger partial charge >= 0.3 is 0 Å². The monoisotopic (exact) mass is 278 g/mol. The van der Waals surface area contributed by atoms with Crippen molar-refractivity contribution in [3.63, 3.8) is 0 Å². The van der Waals surface area contributed by atoms with Crippen molar-refractivity contribution in [1.29, 1.82) is 0 Å². The van der Waals surface area contributed by atoms with Gasteiger partial charge in [0.1, 0.15) is 5.75 Å². The molecule has 0 heterocycles. The molecular formula is C11H16Cl2N2O2. The van der Waals surface area contributed by atoms with Gasteiger partial charge in [-0.15, -0.1) is 12.4 Å².